The number of rotatable bonds is 2. The summed E-state index contributed by atoms with van der Waals surface area (Å²) in [7, 11) is 0. The maximum absolute atomic E-state index is 8.04. The fraction of sp³-hybridized carbons (Fsp3) is 0.571. The molecule has 0 bridgehead atoms. The molecule has 0 aromatic carbocycles. The van der Waals surface area contributed by atoms with Gasteiger partial charge in [-0.25, -0.2) is 0 Å². The summed E-state index contributed by atoms with van der Waals surface area (Å²) in [6, 6.07) is 0. The highest BCUT2D eigenvalue weighted by Gasteiger charge is 2.22. The third kappa shape index (κ3) is 1.88. The summed E-state index contributed by atoms with van der Waals surface area (Å²) in [5, 5.41) is 10.9. The molecule has 1 aliphatic carbocycles. The van der Waals surface area contributed by atoms with Crippen molar-refractivity contribution < 1.29 is 5.21 Å². The van der Waals surface area contributed by atoms with Crippen LogP contribution in [0.15, 0.2) is 16.8 Å². The highest BCUT2D eigenvalue weighted by atomic mass is 16.4. The van der Waals surface area contributed by atoms with Gasteiger partial charge in [0.25, 0.3) is 0 Å². The molecule has 1 saturated carbocycles. The van der Waals surface area contributed by atoms with Gasteiger partial charge in [0.2, 0.25) is 0 Å². The number of oxime groups is 1. The maximum Gasteiger partial charge on any atom is 0.0661 e. The Labute approximate surface area is 54.9 Å². The van der Waals surface area contributed by atoms with Gasteiger partial charge in [-0.05, 0) is 31.8 Å². The van der Waals surface area contributed by atoms with E-state index >= 15 is 0 Å². The summed E-state index contributed by atoms with van der Waals surface area (Å²) >= 11 is 0. The van der Waals surface area contributed by atoms with Crippen LogP contribution >= 0.6 is 0 Å². The Morgan fingerprint density at radius 1 is 1.67 bits per heavy atom. The molecule has 9 heavy (non-hydrogen) atoms. The van der Waals surface area contributed by atoms with Gasteiger partial charge in [0, 0.05) is 0 Å². The quantitative estimate of drug-likeness (QED) is 0.340. The van der Waals surface area contributed by atoms with Crippen LogP contribution in [0, 0.1) is 5.92 Å². The van der Waals surface area contributed by atoms with Crippen molar-refractivity contribution >= 4 is 6.21 Å². The number of nitrogens with zero attached hydrogens (tertiary/aromatic N) is 1. The topological polar surface area (TPSA) is 32.6 Å². The average molecular weight is 125 g/mol. The first-order valence-electron chi connectivity index (χ1n) is 3.19. The van der Waals surface area contributed by atoms with Crippen LogP contribution in [0.25, 0.3) is 0 Å². The van der Waals surface area contributed by atoms with E-state index in [4.69, 9.17) is 5.21 Å². The van der Waals surface area contributed by atoms with Gasteiger partial charge >= 0.3 is 0 Å². The van der Waals surface area contributed by atoms with E-state index in [0.717, 1.165) is 5.92 Å². The third-order valence-electron chi connectivity index (χ3n) is 1.63. The molecule has 0 amide bonds. The monoisotopic (exact) mass is 125 g/mol. The van der Waals surface area contributed by atoms with E-state index in [-0.39, 0.29) is 0 Å². The van der Waals surface area contributed by atoms with Crippen LogP contribution in [0.1, 0.15) is 19.8 Å². The van der Waals surface area contributed by atoms with Gasteiger partial charge in [-0.1, -0.05) is 10.7 Å². The standard InChI is InChI=1S/C7H11NO/c1-6(4-5-8-9)7-2-3-7/h4-5,7,9H,2-3H2,1H3/b6-4-,8-5+. The third-order valence-corrected chi connectivity index (χ3v) is 1.63. The second-order valence-corrected chi connectivity index (χ2v) is 2.45. The molecule has 0 radical (unpaired) electrons. The second kappa shape index (κ2) is 2.67. The predicted molar refractivity (Wildman–Crippen MR) is 36.8 cm³/mol. The summed E-state index contributed by atoms with van der Waals surface area (Å²) in [6.07, 6.45) is 5.90. The zero-order chi connectivity index (χ0) is 6.69. The van der Waals surface area contributed by atoms with Crippen molar-refractivity contribution in [3.8, 4) is 0 Å². The van der Waals surface area contributed by atoms with Crippen LogP contribution in [-0.2, 0) is 0 Å². The van der Waals surface area contributed by atoms with E-state index in [9.17, 15) is 0 Å². The van der Waals surface area contributed by atoms with Crippen molar-refractivity contribution in [2.75, 3.05) is 0 Å². The smallest absolute Gasteiger partial charge is 0.0661 e. The molecular weight excluding hydrogens is 114 g/mol. The van der Waals surface area contributed by atoms with E-state index in [1.54, 1.807) is 0 Å². The molecule has 0 spiro atoms. The molecule has 0 aliphatic heterocycles. The summed E-state index contributed by atoms with van der Waals surface area (Å²) in [6.45, 7) is 2.07. The van der Waals surface area contributed by atoms with Crippen molar-refractivity contribution in [2.24, 2.45) is 11.1 Å². The molecule has 0 unspecified atom stereocenters. The highest BCUT2D eigenvalue weighted by Crippen LogP contribution is 2.35. The molecule has 1 N–H and O–H groups in total. The molecule has 0 heterocycles. The van der Waals surface area contributed by atoms with Crippen LogP contribution in [0.4, 0.5) is 0 Å². The summed E-state index contributed by atoms with van der Waals surface area (Å²) < 4.78 is 0. The lowest BCUT2D eigenvalue weighted by Crippen LogP contribution is -1.77. The van der Waals surface area contributed by atoms with Gasteiger partial charge in [0.1, 0.15) is 0 Å². The molecule has 2 nitrogen and oxygen atoms in total. The molecule has 0 aromatic rings. The first-order chi connectivity index (χ1) is 4.34. The minimum atomic E-state index is 0.781. The number of hydrogen-bond acceptors (Lipinski definition) is 2. The molecular formula is C7H11NO. The van der Waals surface area contributed by atoms with E-state index in [2.05, 4.69) is 12.1 Å². The minimum absolute atomic E-state index is 0.781. The fourth-order valence-corrected chi connectivity index (χ4v) is 0.826. The van der Waals surface area contributed by atoms with Gasteiger partial charge in [-0.3, -0.25) is 0 Å². The van der Waals surface area contributed by atoms with Gasteiger partial charge in [-0.2, -0.15) is 0 Å². The lowest BCUT2D eigenvalue weighted by molar-refractivity contribution is 0.322. The van der Waals surface area contributed by atoms with Crippen LogP contribution in [-0.4, -0.2) is 11.4 Å². The highest BCUT2D eigenvalue weighted by molar-refractivity contribution is 5.71. The first-order valence-corrected chi connectivity index (χ1v) is 3.19. The second-order valence-electron chi connectivity index (χ2n) is 2.45. The Morgan fingerprint density at radius 3 is 2.78 bits per heavy atom. The Bertz CT molecular complexity index is 145. The molecule has 1 rings (SSSR count). The molecule has 2 heteroatoms. The van der Waals surface area contributed by atoms with E-state index in [1.165, 1.54) is 24.6 Å². The van der Waals surface area contributed by atoms with E-state index < -0.39 is 0 Å². The zero-order valence-corrected chi connectivity index (χ0v) is 5.54. The molecule has 50 valence electrons. The molecule has 1 fully saturated rings. The summed E-state index contributed by atoms with van der Waals surface area (Å²) in [5.41, 5.74) is 1.33. The summed E-state index contributed by atoms with van der Waals surface area (Å²) in [4.78, 5) is 0. The van der Waals surface area contributed by atoms with Crippen molar-refractivity contribution in [3.63, 3.8) is 0 Å². The maximum atomic E-state index is 8.04. The van der Waals surface area contributed by atoms with Crippen LogP contribution < -0.4 is 0 Å². The normalized spacial score (nSPS) is 21.2. The Kier molecular flexibility index (Phi) is 1.88. The Hall–Kier alpha value is -0.790. The van der Waals surface area contributed by atoms with E-state index in [0.29, 0.717) is 0 Å². The van der Waals surface area contributed by atoms with Gasteiger partial charge < -0.3 is 5.21 Å². The van der Waals surface area contributed by atoms with Gasteiger partial charge in [0.15, 0.2) is 0 Å². The van der Waals surface area contributed by atoms with Gasteiger partial charge in [0.05, 0.1) is 6.21 Å². The first kappa shape index (κ1) is 6.33. The average Bonchev–Trinajstić information content (AvgIpc) is 2.63. The number of hydrogen-bond donors (Lipinski definition) is 1. The van der Waals surface area contributed by atoms with Gasteiger partial charge in [-0.15, -0.1) is 0 Å². The lowest BCUT2D eigenvalue weighted by atomic mass is 10.2. The van der Waals surface area contributed by atoms with Crippen LogP contribution in [0.3, 0.4) is 0 Å². The van der Waals surface area contributed by atoms with Crippen molar-refractivity contribution in [3.05, 3.63) is 11.6 Å². The predicted octanol–water partition coefficient (Wildman–Crippen LogP) is 1.80. The largest absolute Gasteiger partial charge is 0.411 e. The summed E-state index contributed by atoms with van der Waals surface area (Å²) in [5.74, 6) is 0.781. The minimum Gasteiger partial charge on any atom is -0.411 e. The molecule has 1 aliphatic rings. The van der Waals surface area contributed by atoms with E-state index in [1.807, 2.05) is 6.08 Å². The Morgan fingerprint density at radius 2 is 2.33 bits per heavy atom. The number of allylic oxidation sites excluding steroid dienone is 2. The van der Waals surface area contributed by atoms with Crippen LogP contribution in [0.2, 0.25) is 0 Å². The van der Waals surface area contributed by atoms with Crippen molar-refractivity contribution in [2.45, 2.75) is 19.8 Å². The van der Waals surface area contributed by atoms with Crippen molar-refractivity contribution in [1.82, 2.24) is 0 Å². The molecule has 0 atom stereocenters. The van der Waals surface area contributed by atoms with Crippen LogP contribution in [0.5, 0.6) is 0 Å². The lowest BCUT2D eigenvalue weighted by Gasteiger charge is -1.89. The zero-order valence-electron chi connectivity index (χ0n) is 5.54. The Balaban J connectivity index is 2.37. The molecule has 0 saturated heterocycles. The molecule has 0 aromatic heterocycles. The fourth-order valence-electron chi connectivity index (χ4n) is 0.826. The van der Waals surface area contributed by atoms with Crippen molar-refractivity contribution in [1.29, 1.82) is 0 Å². The SMILES string of the molecule is C/C(=C/C=N/O)C1CC1.